The number of carboxylic acids is 1. The first kappa shape index (κ1) is 23.4. The van der Waals surface area contributed by atoms with Gasteiger partial charge in [0.15, 0.2) is 0 Å². The van der Waals surface area contributed by atoms with Gasteiger partial charge in [0.25, 0.3) is 0 Å². The lowest BCUT2D eigenvalue weighted by atomic mass is 9.98. The highest BCUT2D eigenvalue weighted by atomic mass is 16.5. The summed E-state index contributed by atoms with van der Waals surface area (Å²) in [5.41, 5.74) is 4.63. The molecule has 5 rings (SSSR count). The van der Waals surface area contributed by atoms with Gasteiger partial charge in [-0.1, -0.05) is 61.4 Å². The monoisotopic (exact) mass is 476 g/mol. The van der Waals surface area contributed by atoms with Crippen molar-refractivity contribution in [2.24, 2.45) is 17.8 Å². The minimum absolute atomic E-state index is 0.0263. The van der Waals surface area contributed by atoms with E-state index in [0.717, 1.165) is 36.8 Å². The summed E-state index contributed by atoms with van der Waals surface area (Å²) < 4.78 is 5.62. The molecule has 0 spiro atoms. The molecule has 0 radical (unpaired) electrons. The zero-order valence-corrected chi connectivity index (χ0v) is 19.8. The maximum Gasteiger partial charge on any atom is 0.407 e. The van der Waals surface area contributed by atoms with E-state index in [1.54, 1.807) is 0 Å². The minimum atomic E-state index is -1.01. The molecule has 0 bridgehead atoms. The Morgan fingerprint density at radius 1 is 0.943 bits per heavy atom. The molecule has 1 unspecified atom stereocenters. The van der Waals surface area contributed by atoms with Crippen LogP contribution in [0.4, 0.5) is 4.79 Å². The molecule has 2 amide bonds. The topological polar surface area (TPSA) is 95.9 Å². The van der Waals surface area contributed by atoms with Gasteiger partial charge in [-0.3, -0.25) is 9.59 Å². The Morgan fingerprint density at radius 3 is 2.11 bits per heavy atom. The number of alkyl carbamates (subject to hydrolysis) is 1. The molecule has 7 nitrogen and oxygen atoms in total. The van der Waals surface area contributed by atoms with E-state index in [1.165, 1.54) is 16.0 Å². The van der Waals surface area contributed by atoms with Gasteiger partial charge in [0.2, 0.25) is 5.91 Å². The van der Waals surface area contributed by atoms with Crippen LogP contribution >= 0.6 is 0 Å². The summed E-state index contributed by atoms with van der Waals surface area (Å²) in [6.07, 6.45) is 4.35. The standard InChI is InChI=1S/C28H32N2O5/c31-26(32)16-30(15-19-11-12-19)27(33)20(13-18-9-10-18)14-29-28(34)35-17-25-23-7-3-1-5-21(23)22-6-2-4-8-24(22)25/h1-8,18-20,25H,9-17H2,(H,29,34)(H,31,32). The summed E-state index contributed by atoms with van der Waals surface area (Å²) in [6, 6.07) is 16.3. The summed E-state index contributed by atoms with van der Waals surface area (Å²) in [7, 11) is 0. The van der Waals surface area contributed by atoms with Gasteiger partial charge in [0.1, 0.15) is 13.2 Å². The Kier molecular flexibility index (Phi) is 6.75. The van der Waals surface area contributed by atoms with Crippen molar-refractivity contribution < 1.29 is 24.2 Å². The number of carboxylic acid groups (broad SMARTS) is 1. The maximum atomic E-state index is 13.2. The van der Waals surface area contributed by atoms with Crippen LogP contribution in [-0.2, 0) is 14.3 Å². The largest absolute Gasteiger partial charge is 0.480 e. The van der Waals surface area contributed by atoms with Crippen molar-refractivity contribution >= 4 is 18.0 Å². The summed E-state index contributed by atoms with van der Waals surface area (Å²) in [6.45, 7) is 0.569. The molecule has 1 atom stereocenters. The van der Waals surface area contributed by atoms with E-state index in [4.69, 9.17) is 4.74 Å². The Hall–Kier alpha value is -3.35. The van der Waals surface area contributed by atoms with Crippen molar-refractivity contribution in [1.82, 2.24) is 10.2 Å². The number of rotatable bonds is 11. The zero-order valence-electron chi connectivity index (χ0n) is 19.8. The Bertz CT molecular complexity index is 1060. The lowest BCUT2D eigenvalue weighted by Crippen LogP contribution is -2.45. The molecule has 0 saturated heterocycles. The van der Waals surface area contributed by atoms with E-state index >= 15 is 0 Å². The molecule has 184 valence electrons. The summed E-state index contributed by atoms with van der Waals surface area (Å²) in [5.74, 6) is -0.766. The highest BCUT2D eigenvalue weighted by Crippen LogP contribution is 2.44. The van der Waals surface area contributed by atoms with Gasteiger partial charge < -0.3 is 20.1 Å². The molecule has 2 saturated carbocycles. The molecule has 35 heavy (non-hydrogen) atoms. The van der Waals surface area contributed by atoms with E-state index in [0.29, 0.717) is 24.8 Å². The number of fused-ring (bicyclic) bond motifs is 3. The number of carbonyl (C=O) groups excluding carboxylic acids is 2. The fraction of sp³-hybridized carbons (Fsp3) is 0.464. The quantitative estimate of drug-likeness (QED) is 0.505. The van der Waals surface area contributed by atoms with Crippen LogP contribution in [0.1, 0.15) is 49.1 Å². The molecule has 0 aromatic heterocycles. The van der Waals surface area contributed by atoms with E-state index < -0.39 is 18.0 Å². The van der Waals surface area contributed by atoms with Crippen LogP contribution in [0.5, 0.6) is 0 Å². The number of nitrogens with one attached hydrogen (secondary N) is 1. The molecular weight excluding hydrogens is 444 g/mol. The van der Waals surface area contributed by atoms with Gasteiger partial charge in [-0.15, -0.1) is 0 Å². The molecule has 2 fully saturated rings. The van der Waals surface area contributed by atoms with Crippen LogP contribution in [0, 0.1) is 17.8 Å². The van der Waals surface area contributed by atoms with Crippen molar-refractivity contribution in [3.63, 3.8) is 0 Å². The smallest absolute Gasteiger partial charge is 0.407 e. The molecule has 7 heteroatoms. The number of ether oxygens (including phenoxy) is 1. The third-order valence-corrected chi connectivity index (χ3v) is 7.31. The number of benzene rings is 2. The average Bonchev–Trinajstić information content (AvgIpc) is 3.79. The molecule has 3 aliphatic carbocycles. The normalized spacial score (nSPS) is 17.3. The maximum absolute atomic E-state index is 13.2. The van der Waals surface area contributed by atoms with Crippen LogP contribution in [-0.4, -0.2) is 54.2 Å². The van der Waals surface area contributed by atoms with Gasteiger partial charge in [-0.25, -0.2) is 4.79 Å². The summed E-state index contributed by atoms with van der Waals surface area (Å²) in [5, 5.41) is 12.1. The fourth-order valence-corrected chi connectivity index (χ4v) is 5.15. The molecule has 3 aliphatic rings. The second kappa shape index (κ2) is 10.1. The van der Waals surface area contributed by atoms with E-state index in [-0.39, 0.29) is 31.5 Å². The fourth-order valence-electron chi connectivity index (χ4n) is 5.15. The molecule has 0 aliphatic heterocycles. The Labute approximate surface area is 205 Å². The van der Waals surface area contributed by atoms with E-state index in [2.05, 4.69) is 29.6 Å². The number of carbonyl (C=O) groups is 3. The van der Waals surface area contributed by atoms with E-state index in [1.807, 2.05) is 24.3 Å². The Morgan fingerprint density at radius 2 is 1.54 bits per heavy atom. The highest BCUT2D eigenvalue weighted by Gasteiger charge is 2.35. The average molecular weight is 477 g/mol. The van der Waals surface area contributed by atoms with Crippen molar-refractivity contribution in [2.75, 3.05) is 26.2 Å². The van der Waals surface area contributed by atoms with Crippen LogP contribution in [0.3, 0.4) is 0 Å². The van der Waals surface area contributed by atoms with Crippen LogP contribution < -0.4 is 5.32 Å². The first-order valence-corrected chi connectivity index (χ1v) is 12.6. The highest BCUT2D eigenvalue weighted by molar-refractivity contribution is 5.84. The third kappa shape index (κ3) is 5.66. The third-order valence-electron chi connectivity index (χ3n) is 7.31. The number of hydrogen-bond donors (Lipinski definition) is 2. The lowest BCUT2D eigenvalue weighted by molar-refractivity contribution is -0.146. The number of nitrogens with zero attached hydrogens (tertiary/aromatic N) is 1. The van der Waals surface area contributed by atoms with Crippen molar-refractivity contribution in [3.8, 4) is 11.1 Å². The van der Waals surface area contributed by atoms with Gasteiger partial charge in [0, 0.05) is 19.0 Å². The Balaban J connectivity index is 1.19. The van der Waals surface area contributed by atoms with E-state index in [9.17, 15) is 19.5 Å². The number of amides is 2. The zero-order chi connectivity index (χ0) is 24.4. The summed E-state index contributed by atoms with van der Waals surface area (Å²) in [4.78, 5) is 38.7. The van der Waals surface area contributed by atoms with Crippen molar-refractivity contribution in [3.05, 3.63) is 59.7 Å². The molecular formula is C28H32N2O5. The lowest BCUT2D eigenvalue weighted by Gasteiger charge is -2.26. The van der Waals surface area contributed by atoms with Crippen LogP contribution in [0.2, 0.25) is 0 Å². The van der Waals surface area contributed by atoms with Gasteiger partial charge in [0.05, 0.1) is 5.92 Å². The van der Waals surface area contributed by atoms with Crippen molar-refractivity contribution in [2.45, 2.75) is 38.0 Å². The summed E-state index contributed by atoms with van der Waals surface area (Å²) >= 11 is 0. The number of aliphatic carboxylic acids is 1. The predicted molar refractivity (Wildman–Crippen MR) is 131 cm³/mol. The SMILES string of the molecule is O=C(O)CN(CC1CC1)C(=O)C(CNC(=O)OCC1c2ccccc2-c2ccccc21)CC1CC1. The number of hydrogen-bond acceptors (Lipinski definition) is 4. The molecule has 2 N–H and O–H groups in total. The molecule has 2 aromatic rings. The van der Waals surface area contributed by atoms with Gasteiger partial charge in [-0.2, -0.15) is 0 Å². The first-order chi connectivity index (χ1) is 17.0. The van der Waals surface area contributed by atoms with Crippen molar-refractivity contribution in [1.29, 1.82) is 0 Å². The first-order valence-electron chi connectivity index (χ1n) is 12.6. The predicted octanol–water partition coefficient (Wildman–Crippen LogP) is 4.26. The minimum Gasteiger partial charge on any atom is -0.480 e. The second-order valence-corrected chi connectivity index (χ2v) is 10.1. The molecule has 0 heterocycles. The molecule has 2 aromatic carbocycles. The van der Waals surface area contributed by atoms with Gasteiger partial charge >= 0.3 is 12.1 Å². The van der Waals surface area contributed by atoms with Crippen LogP contribution in [0.25, 0.3) is 11.1 Å². The second-order valence-electron chi connectivity index (χ2n) is 10.1. The van der Waals surface area contributed by atoms with Crippen LogP contribution in [0.15, 0.2) is 48.5 Å². The van der Waals surface area contributed by atoms with Gasteiger partial charge in [-0.05, 0) is 53.4 Å².